The molecule has 0 fully saturated rings. The Morgan fingerprint density at radius 2 is 2.07 bits per heavy atom. The Hall–Kier alpha value is -1.42. The number of aliphatic hydroxyl groups is 1. The van der Waals surface area contributed by atoms with Crippen LogP contribution in [0.4, 0.5) is 5.69 Å². The SMILES string of the molecule is CCCc1cc([N+](=O)[O-])c(CO)cc1C. The van der Waals surface area contributed by atoms with Gasteiger partial charge in [0.15, 0.2) is 0 Å². The molecular formula is C11H15NO3. The van der Waals surface area contributed by atoms with Gasteiger partial charge in [-0.25, -0.2) is 0 Å². The zero-order valence-corrected chi connectivity index (χ0v) is 8.99. The van der Waals surface area contributed by atoms with Gasteiger partial charge in [-0.1, -0.05) is 13.3 Å². The van der Waals surface area contributed by atoms with Crippen molar-refractivity contribution in [3.63, 3.8) is 0 Å². The fraction of sp³-hybridized carbons (Fsp3) is 0.455. The summed E-state index contributed by atoms with van der Waals surface area (Å²) in [7, 11) is 0. The van der Waals surface area contributed by atoms with Crippen LogP contribution in [0.2, 0.25) is 0 Å². The van der Waals surface area contributed by atoms with Crippen molar-refractivity contribution in [2.45, 2.75) is 33.3 Å². The van der Waals surface area contributed by atoms with Crippen LogP contribution in [0, 0.1) is 17.0 Å². The predicted molar refractivity (Wildman–Crippen MR) is 57.8 cm³/mol. The molecular weight excluding hydrogens is 194 g/mol. The van der Waals surface area contributed by atoms with Crippen LogP contribution in [0.3, 0.4) is 0 Å². The first-order chi connectivity index (χ1) is 7.10. The third-order valence-electron chi connectivity index (χ3n) is 2.42. The molecule has 0 heterocycles. The molecule has 82 valence electrons. The largest absolute Gasteiger partial charge is 0.391 e. The molecule has 0 aliphatic rings. The van der Waals surface area contributed by atoms with Crippen LogP contribution < -0.4 is 0 Å². The Labute approximate surface area is 88.7 Å². The second-order valence-electron chi connectivity index (χ2n) is 3.57. The molecule has 1 aromatic rings. The molecule has 15 heavy (non-hydrogen) atoms. The molecule has 1 N–H and O–H groups in total. The number of hydrogen-bond acceptors (Lipinski definition) is 3. The first-order valence-corrected chi connectivity index (χ1v) is 4.97. The average Bonchev–Trinajstić information content (AvgIpc) is 2.20. The lowest BCUT2D eigenvalue weighted by molar-refractivity contribution is -0.385. The predicted octanol–water partition coefficient (Wildman–Crippen LogP) is 2.35. The summed E-state index contributed by atoms with van der Waals surface area (Å²) in [6.07, 6.45) is 1.79. The lowest BCUT2D eigenvalue weighted by Crippen LogP contribution is -1.99. The molecule has 0 amide bonds. The molecule has 1 rings (SSSR count). The highest BCUT2D eigenvalue weighted by atomic mass is 16.6. The fourth-order valence-corrected chi connectivity index (χ4v) is 1.63. The lowest BCUT2D eigenvalue weighted by atomic mass is 10.00. The van der Waals surface area contributed by atoms with Crippen LogP contribution in [0.15, 0.2) is 12.1 Å². The van der Waals surface area contributed by atoms with E-state index in [0.717, 1.165) is 24.0 Å². The van der Waals surface area contributed by atoms with Crippen molar-refractivity contribution in [2.75, 3.05) is 0 Å². The molecule has 0 aliphatic heterocycles. The molecule has 0 aliphatic carbocycles. The molecule has 0 aromatic heterocycles. The fourth-order valence-electron chi connectivity index (χ4n) is 1.63. The monoisotopic (exact) mass is 209 g/mol. The van der Waals surface area contributed by atoms with Gasteiger partial charge in [0.05, 0.1) is 17.1 Å². The van der Waals surface area contributed by atoms with Crippen molar-refractivity contribution < 1.29 is 10.0 Å². The van der Waals surface area contributed by atoms with E-state index in [1.54, 1.807) is 12.1 Å². The molecule has 0 spiro atoms. The summed E-state index contributed by atoms with van der Waals surface area (Å²) in [5, 5.41) is 19.8. The standard InChI is InChI=1S/C11H15NO3/c1-3-4-9-6-11(12(14)15)10(7-13)5-8(9)2/h5-6,13H,3-4,7H2,1-2H3. The van der Waals surface area contributed by atoms with Crippen LogP contribution in [0.5, 0.6) is 0 Å². The van der Waals surface area contributed by atoms with Crippen LogP contribution in [-0.4, -0.2) is 10.0 Å². The van der Waals surface area contributed by atoms with E-state index in [9.17, 15) is 10.1 Å². The van der Waals surface area contributed by atoms with E-state index in [1.807, 2.05) is 13.8 Å². The summed E-state index contributed by atoms with van der Waals surface area (Å²) in [6.45, 7) is 3.66. The topological polar surface area (TPSA) is 63.4 Å². The van der Waals surface area contributed by atoms with Crippen molar-refractivity contribution in [2.24, 2.45) is 0 Å². The lowest BCUT2D eigenvalue weighted by Gasteiger charge is -2.07. The molecule has 1 aromatic carbocycles. The quantitative estimate of drug-likeness (QED) is 0.611. The van der Waals surface area contributed by atoms with Gasteiger partial charge in [0, 0.05) is 6.07 Å². The minimum absolute atomic E-state index is 0.0200. The minimum atomic E-state index is -0.440. The first kappa shape index (κ1) is 11.7. The van der Waals surface area contributed by atoms with Crippen molar-refractivity contribution in [3.8, 4) is 0 Å². The number of aliphatic hydroxyl groups excluding tert-OH is 1. The highest BCUT2D eigenvalue weighted by Gasteiger charge is 2.15. The number of nitro benzene ring substituents is 1. The smallest absolute Gasteiger partial charge is 0.275 e. The van der Waals surface area contributed by atoms with E-state index in [4.69, 9.17) is 5.11 Å². The van der Waals surface area contributed by atoms with Gasteiger partial charge in [0.1, 0.15) is 0 Å². The van der Waals surface area contributed by atoms with Gasteiger partial charge >= 0.3 is 0 Å². The van der Waals surface area contributed by atoms with Gasteiger partial charge in [-0.2, -0.15) is 0 Å². The Morgan fingerprint density at radius 3 is 2.53 bits per heavy atom. The number of rotatable bonds is 4. The third-order valence-corrected chi connectivity index (χ3v) is 2.42. The number of aryl methyl sites for hydroxylation is 2. The Morgan fingerprint density at radius 1 is 1.40 bits per heavy atom. The molecule has 0 bridgehead atoms. The molecule has 0 atom stereocenters. The van der Waals surface area contributed by atoms with E-state index in [1.165, 1.54) is 0 Å². The van der Waals surface area contributed by atoms with Crippen molar-refractivity contribution in [1.29, 1.82) is 0 Å². The Bertz CT molecular complexity index is 374. The maximum Gasteiger partial charge on any atom is 0.275 e. The maximum absolute atomic E-state index is 10.7. The van der Waals surface area contributed by atoms with Gasteiger partial charge in [0.25, 0.3) is 5.69 Å². The van der Waals surface area contributed by atoms with Crippen molar-refractivity contribution >= 4 is 5.69 Å². The van der Waals surface area contributed by atoms with Crippen LogP contribution in [-0.2, 0) is 13.0 Å². The van der Waals surface area contributed by atoms with E-state index in [-0.39, 0.29) is 12.3 Å². The molecule has 0 saturated carbocycles. The maximum atomic E-state index is 10.7. The Balaban J connectivity index is 3.23. The molecule has 0 saturated heterocycles. The summed E-state index contributed by atoms with van der Waals surface area (Å²) >= 11 is 0. The zero-order chi connectivity index (χ0) is 11.4. The van der Waals surface area contributed by atoms with Crippen LogP contribution in [0.25, 0.3) is 0 Å². The molecule has 4 nitrogen and oxygen atoms in total. The average molecular weight is 209 g/mol. The van der Waals surface area contributed by atoms with Crippen LogP contribution >= 0.6 is 0 Å². The summed E-state index contributed by atoms with van der Waals surface area (Å²) in [5.74, 6) is 0. The van der Waals surface area contributed by atoms with Gasteiger partial charge in [-0.3, -0.25) is 10.1 Å². The second kappa shape index (κ2) is 4.89. The minimum Gasteiger partial charge on any atom is -0.391 e. The van der Waals surface area contributed by atoms with Gasteiger partial charge in [-0.05, 0) is 30.5 Å². The molecule has 0 radical (unpaired) electrons. The second-order valence-corrected chi connectivity index (χ2v) is 3.57. The molecule has 0 unspecified atom stereocenters. The normalized spacial score (nSPS) is 10.3. The summed E-state index contributed by atoms with van der Waals surface area (Å²) in [5.41, 5.74) is 2.40. The van der Waals surface area contributed by atoms with E-state index in [2.05, 4.69) is 0 Å². The number of nitro groups is 1. The summed E-state index contributed by atoms with van der Waals surface area (Å²) in [4.78, 5) is 10.3. The summed E-state index contributed by atoms with van der Waals surface area (Å²) < 4.78 is 0. The van der Waals surface area contributed by atoms with Crippen molar-refractivity contribution in [3.05, 3.63) is 38.9 Å². The van der Waals surface area contributed by atoms with Gasteiger partial charge in [-0.15, -0.1) is 0 Å². The first-order valence-electron chi connectivity index (χ1n) is 4.97. The van der Waals surface area contributed by atoms with Gasteiger partial charge < -0.3 is 5.11 Å². The summed E-state index contributed by atoms with van der Waals surface area (Å²) in [6, 6.07) is 3.27. The highest BCUT2D eigenvalue weighted by Crippen LogP contribution is 2.24. The Kier molecular flexibility index (Phi) is 3.80. The van der Waals surface area contributed by atoms with Gasteiger partial charge in [0.2, 0.25) is 0 Å². The van der Waals surface area contributed by atoms with Crippen LogP contribution in [0.1, 0.15) is 30.0 Å². The highest BCUT2D eigenvalue weighted by molar-refractivity contribution is 5.46. The number of nitrogens with zero attached hydrogens (tertiary/aromatic N) is 1. The van der Waals surface area contributed by atoms with E-state index < -0.39 is 4.92 Å². The van der Waals surface area contributed by atoms with Crippen molar-refractivity contribution in [1.82, 2.24) is 0 Å². The van der Waals surface area contributed by atoms with E-state index in [0.29, 0.717) is 5.56 Å². The third kappa shape index (κ3) is 2.53. The number of hydrogen-bond donors (Lipinski definition) is 1. The molecule has 4 heteroatoms. The van der Waals surface area contributed by atoms with E-state index >= 15 is 0 Å². The zero-order valence-electron chi connectivity index (χ0n) is 8.99. The number of benzene rings is 1.